The molecule has 8 heteroatoms. The van der Waals surface area contributed by atoms with Crippen molar-refractivity contribution in [1.29, 1.82) is 0 Å². The third-order valence-electron chi connectivity index (χ3n) is 2.80. The van der Waals surface area contributed by atoms with Gasteiger partial charge in [-0.05, 0) is 17.7 Å². The molecular formula is C14H22N2O5P+. The van der Waals surface area contributed by atoms with Gasteiger partial charge in [0.2, 0.25) is 0 Å². The van der Waals surface area contributed by atoms with E-state index in [1.165, 1.54) is 12.1 Å². The van der Waals surface area contributed by atoms with E-state index in [-0.39, 0.29) is 24.2 Å². The van der Waals surface area contributed by atoms with Crippen LogP contribution in [-0.4, -0.2) is 65.0 Å². The maximum Gasteiger partial charge on any atom is 0.325 e. The minimum atomic E-state index is -2.35. The van der Waals surface area contributed by atoms with Crippen molar-refractivity contribution in [2.75, 3.05) is 27.7 Å². The van der Waals surface area contributed by atoms with Crippen LogP contribution in [0.1, 0.15) is 5.56 Å². The molecule has 1 rings (SSSR count). The Morgan fingerprint density at radius 1 is 1.27 bits per heavy atom. The fraction of sp³-hybridized carbons (Fsp3) is 0.429. The van der Waals surface area contributed by atoms with Crippen molar-refractivity contribution in [1.82, 2.24) is 5.09 Å². The fourth-order valence-electron chi connectivity index (χ4n) is 1.76. The number of phenols is 1. The molecule has 0 spiro atoms. The second kappa shape index (κ2) is 7.67. The summed E-state index contributed by atoms with van der Waals surface area (Å²) >= 11 is 0. The number of hydrogen-bond donors (Lipinski definition) is 4. The lowest BCUT2D eigenvalue weighted by Crippen LogP contribution is -2.42. The van der Waals surface area contributed by atoms with E-state index in [0.29, 0.717) is 10.0 Å². The van der Waals surface area contributed by atoms with Gasteiger partial charge in [-0.2, -0.15) is 0 Å². The van der Waals surface area contributed by atoms with Gasteiger partial charge in [0.25, 0.3) is 5.48 Å². The molecule has 0 saturated heterocycles. The highest BCUT2D eigenvalue weighted by Gasteiger charge is 2.25. The highest BCUT2D eigenvalue weighted by molar-refractivity contribution is 7.49. The molecule has 1 unspecified atom stereocenters. The van der Waals surface area contributed by atoms with Crippen LogP contribution in [0.4, 0.5) is 0 Å². The first-order valence-electron chi connectivity index (χ1n) is 6.68. The molecule has 0 aromatic heterocycles. The first-order chi connectivity index (χ1) is 10.1. The number of quaternary nitrogens is 1. The molecule has 0 amide bonds. The van der Waals surface area contributed by atoms with Crippen LogP contribution in [0.15, 0.2) is 24.3 Å². The Hall–Kier alpha value is -1.50. The Balaban J connectivity index is 2.82. The van der Waals surface area contributed by atoms with E-state index in [1.54, 1.807) is 12.1 Å². The van der Waals surface area contributed by atoms with E-state index in [2.05, 4.69) is 5.09 Å². The van der Waals surface area contributed by atoms with Gasteiger partial charge in [-0.15, -0.1) is 5.09 Å². The number of benzene rings is 1. The van der Waals surface area contributed by atoms with Crippen molar-refractivity contribution in [2.24, 2.45) is 0 Å². The molecule has 0 aliphatic heterocycles. The maximum atomic E-state index is 12.0. The average Bonchev–Trinajstić information content (AvgIpc) is 2.38. The monoisotopic (exact) mass is 329 g/mol. The number of nitrogens with one attached hydrogen (secondary N) is 1. The Labute approximate surface area is 130 Å². The molecule has 0 heterocycles. The number of nitrogens with zero attached hydrogens (tertiary/aromatic N) is 1. The summed E-state index contributed by atoms with van der Waals surface area (Å²) in [6, 6.07) is 5.00. The summed E-state index contributed by atoms with van der Waals surface area (Å²) < 4.78 is 0.379. The number of hydrogen-bond acceptors (Lipinski definition) is 4. The van der Waals surface area contributed by atoms with E-state index in [1.807, 2.05) is 21.1 Å². The van der Waals surface area contributed by atoms with Gasteiger partial charge in [-0.25, -0.2) is 0 Å². The maximum absolute atomic E-state index is 12.0. The van der Waals surface area contributed by atoms with E-state index >= 15 is 0 Å². The number of carboxylic acids is 1. The molecule has 2 atom stereocenters. The zero-order chi connectivity index (χ0) is 16.9. The lowest BCUT2D eigenvalue weighted by atomic mass is 10.1. The summed E-state index contributed by atoms with van der Waals surface area (Å²) in [7, 11) is 3.12. The molecule has 22 heavy (non-hydrogen) atoms. The first kappa shape index (κ1) is 18.5. The predicted molar refractivity (Wildman–Crippen MR) is 83.1 cm³/mol. The number of rotatable bonds is 7. The third kappa shape index (κ3) is 6.51. The zero-order valence-electron chi connectivity index (χ0n) is 12.9. The van der Waals surface area contributed by atoms with Crippen LogP contribution in [0.2, 0.25) is 0 Å². The molecule has 0 saturated carbocycles. The Bertz CT molecular complexity index is 551. The van der Waals surface area contributed by atoms with Crippen LogP contribution in [0, 0.1) is 0 Å². The van der Waals surface area contributed by atoms with Gasteiger partial charge in [0.15, 0.2) is 14.5 Å². The third-order valence-corrected chi connectivity index (χ3v) is 3.95. The SMILES string of the molecule is C[N+](C)(C)CC(O)=[P+]([O-])N[C@@H](Cc1ccc(O)cc1)C(=O)O. The van der Waals surface area contributed by atoms with Gasteiger partial charge in [0.1, 0.15) is 11.8 Å². The second-order valence-electron chi connectivity index (χ2n) is 6.05. The van der Waals surface area contributed by atoms with Crippen molar-refractivity contribution in [3.05, 3.63) is 29.8 Å². The molecule has 0 fully saturated rings. The van der Waals surface area contributed by atoms with E-state index < -0.39 is 19.9 Å². The number of aliphatic carboxylic acids is 1. The number of aromatic hydroxyl groups is 1. The lowest BCUT2D eigenvalue weighted by molar-refractivity contribution is -0.861. The summed E-state index contributed by atoms with van der Waals surface area (Å²) in [5.41, 5.74) is 0.409. The van der Waals surface area contributed by atoms with Gasteiger partial charge >= 0.3 is 5.97 Å². The fourth-order valence-corrected chi connectivity index (χ4v) is 2.95. The van der Waals surface area contributed by atoms with Crippen LogP contribution in [0.3, 0.4) is 0 Å². The van der Waals surface area contributed by atoms with E-state index in [0.717, 1.165) is 0 Å². The van der Waals surface area contributed by atoms with Crippen LogP contribution >= 0.6 is 7.92 Å². The highest BCUT2D eigenvalue weighted by Crippen LogP contribution is 2.15. The number of likely N-dealkylation sites (N-methyl/N-ethyl adjacent to an activating group) is 1. The predicted octanol–water partition coefficient (Wildman–Crippen LogP) is -0.142. The number of aliphatic hydroxyl groups is 1. The van der Waals surface area contributed by atoms with Crippen LogP contribution in [0.5, 0.6) is 5.75 Å². The van der Waals surface area contributed by atoms with E-state index in [9.17, 15) is 25.0 Å². The number of carbonyl (C=O) groups is 1. The molecular weight excluding hydrogens is 307 g/mol. The highest BCUT2D eigenvalue weighted by atomic mass is 31.1. The summed E-state index contributed by atoms with van der Waals surface area (Å²) in [6.45, 7) is 0.160. The molecule has 0 aliphatic carbocycles. The molecule has 0 aliphatic rings. The van der Waals surface area contributed by atoms with Gasteiger partial charge < -0.3 is 24.7 Å². The Morgan fingerprint density at radius 3 is 2.27 bits per heavy atom. The van der Waals surface area contributed by atoms with Crippen LogP contribution in [-0.2, 0) is 11.2 Å². The topological polar surface area (TPSA) is 113 Å². The molecule has 0 bridgehead atoms. The molecule has 0 radical (unpaired) electrons. The lowest BCUT2D eigenvalue weighted by Gasteiger charge is -2.22. The quantitative estimate of drug-likeness (QED) is 0.409. The molecule has 122 valence electrons. The standard InChI is InChI=1S/C14H21N2O5P/c1-16(2,3)9-13(18)22(21)15-12(14(19)20)8-10-4-6-11(17)7-5-10/h4-7,12,15H,8-9H2,1-3H3,(H2-,17,18,19,20)/p+1/t12-/m0/s1. The molecule has 1 aromatic rings. The van der Waals surface area contributed by atoms with Gasteiger partial charge in [0, 0.05) is 6.42 Å². The Kier molecular flexibility index (Phi) is 6.47. The van der Waals surface area contributed by atoms with Crippen molar-refractivity contribution < 1.29 is 29.5 Å². The van der Waals surface area contributed by atoms with Crippen molar-refractivity contribution >= 4 is 19.4 Å². The average molecular weight is 329 g/mol. The summed E-state index contributed by atoms with van der Waals surface area (Å²) in [4.78, 5) is 23.3. The van der Waals surface area contributed by atoms with Gasteiger partial charge in [-0.3, -0.25) is 4.79 Å². The summed E-state index contributed by atoms with van der Waals surface area (Å²) in [5, 5.41) is 30.7. The molecule has 1 aromatic carbocycles. The van der Waals surface area contributed by atoms with Crippen molar-refractivity contribution in [3.8, 4) is 5.75 Å². The molecule has 4 N–H and O–H groups in total. The van der Waals surface area contributed by atoms with Gasteiger partial charge in [-0.1, -0.05) is 12.1 Å². The summed E-state index contributed by atoms with van der Waals surface area (Å²) in [6.07, 6.45) is 0.0916. The number of carboxylic acid groups (broad SMARTS) is 1. The number of phenolic OH excluding ortho intramolecular Hbond substituents is 1. The second-order valence-corrected chi connectivity index (χ2v) is 7.41. The number of aliphatic hydroxyl groups excluding tert-OH is 1. The van der Waals surface area contributed by atoms with E-state index in [4.69, 9.17) is 0 Å². The summed E-state index contributed by atoms with van der Waals surface area (Å²) in [5.74, 6) is -1.07. The molecule has 7 nitrogen and oxygen atoms in total. The van der Waals surface area contributed by atoms with Crippen LogP contribution in [0.25, 0.3) is 0 Å². The largest absolute Gasteiger partial charge is 0.612 e. The first-order valence-corrected chi connectivity index (χ1v) is 7.94. The van der Waals surface area contributed by atoms with Crippen molar-refractivity contribution in [2.45, 2.75) is 12.5 Å². The van der Waals surface area contributed by atoms with Crippen molar-refractivity contribution in [3.63, 3.8) is 0 Å². The smallest absolute Gasteiger partial charge is 0.325 e. The normalized spacial score (nSPS) is 14.4. The zero-order valence-corrected chi connectivity index (χ0v) is 13.7. The minimum absolute atomic E-state index is 0.0867. The van der Waals surface area contributed by atoms with Crippen LogP contribution < -0.4 is 9.98 Å². The Morgan fingerprint density at radius 2 is 1.82 bits per heavy atom. The van der Waals surface area contributed by atoms with Gasteiger partial charge in [0.05, 0.1) is 21.1 Å². The minimum Gasteiger partial charge on any atom is -0.612 e.